The molecule has 6 heteroatoms. The van der Waals surface area contributed by atoms with Crippen molar-refractivity contribution in [1.82, 2.24) is 19.6 Å². The van der Waals surface area contributed by atoms with Gasteiger partial charge in [-0.25, -0.2) is 0 Å². The molecule has 6 nitrogen and oxygen atoms in total. The molecular formula is C14H23N5O. The summed E-state index contributed by atoms with van der Waals surface area (Å²) in [6.07, 6.45) is 5.23. The second-order valence-electron chi connectivity index (χ2n) is 5.73. The second-order valence-corrected chi connectivity index (χ2v) is 5.73. The number of nitrogens with two attached hydrogens (primary N) is 1. The van der Waals surface area contributed by atoms with Crippen LogP contribution >= 0.6 is 0 Å². The zero-order valence-electron chi connectivity index (χ0n) is 12.1. The Kier molecular flexibility index (Phi) is 3.65. The van der Waals surface area contributed by atoms with Crippen LogP contribution in [-0.4, -0.2) is 57.7 Å². The molecule has 2 saturated heterocycles. The molecule has 2 N–H and O–H groups in total. The van der Waals surface area contributed by atoms with Crippen molar-refractivity contribution in [2.75, 3.05) is 31.9 Å². The molecule has 0 radical (unpaired) electrons. The van der Waals surface area contributed by atoms with Gasteiger partial charge in [0.05, 0.1) is 5.69 Å². The van der Waals surface area contributed by atoms with Crippen molar-refractivity contribution in [2.24, 2.45) is 0 Å². The maximum Gasteiger partial charge on any atom is 0.276 e. The van der Waals surface area contributed by atoms with Crippen molar-refractivity contribution >= 4 is 11.6 Å². The van der Waals surface area contributed by atoms with Gasteiger partial charge in [-0.05, 0) is 32.7 Å². The summed E-state index contributed by atoms with van der Waals surface area (Å²) in [6.45, 7) is 6.63. The number of carbonyl (C=O) groups is 1. The van der Waals surface area contributed by atoms with Gasteiger partial charge in [0.25, 0.3) is 5.91 Å². The fourth-order valence-corrected chi connectivity index (χ4v) is 3.31. The molecule has 2 aliphatic rings. The lowest BCUT2D eigenvalue weighted by molar-refractivity contribution is 0.0737. The maximum absolute atomic E-state index is 12.6. The number of hydrogen-bond donors (Lipinski definition) is 1. The summed E-state index contributed by atoms with van der Waals surface area (Å²) in [5, 5.41) is 4.31. The average molecular weight is 277 g/mol. The van der Waals surface area contributed by atoms with Crippen LogP contribution in [0.15, 0.2) is 6.20 Å². The summed E-state index contributed by atoms with van der Waals surface area (Å²) in [5.74, 6) is -0.0107. The van der Waals surface area contributed by atoms with Gasteiger partial charge in [-0.1, -0.05) is 0 Å². The average Bonchev–Trinajstić information content (AvgIpc) is 2.99. The van der Waals surface area contributed by atoms with Gasteiger partial charge in [0, 0.05) is 38.4 Å². The first kappa shape index (κ1) is 13.4. The third kappa shape index (κ3) is 2.40. The number of aryl methyl sites for hydroxylation is 1. The SMILES string of the molecule is CCn1cc(N)c(C(=O)N2CCCN3CCCC3C2)n1. The van der Waals surface area contributed by atoms with Crippen LogP contribution < -0.4 is 5.73 Å². The molecule has 110 valence electrons. The molecule has 1 atom stereocenters. The van der Waals surface area contributed by atoms with Gasteiger partial charge in [-0.3, -0.25) is 14.4 Å². The van der Waals surface area contributed by atoms with Crippen molar-refractivity contribution in [1.29, 1.82) is 0 Å². The number of fused-ring (bicyclic) bond motifs is 1. The molecule has 1 aromatic rings. The molecule has 0 saturated carbocycles. The predicted octanol–water partition coefficient (Wildman–Crippen LogP) is 0.795. The Labute approximate surface area is 119 Å². The third-order valence-corrected chi connectivity index (χ3v) is 4.41. The summed E-state index contributed by atoms with van der Waals surface area (Å²) in [5.41, 5.74) is 6.83. The molecule has 1 unspecified atom stereocenters. The molecule has 0 spiro atoms. The summed E-state index contributed by atoms with van der Waals surface area (Å²) in [7, 11) is 0. The van der Waals surface area contributed by atoms with E-state index in [0.717, 1.165) is 32.6 Å². The van der Waals surface area contributed by atoms with Gasteiger partial charge in [0.2, 0.25) is 0 Å². The Bertz CT molecular complexity index is 498. The number of nitrogen functional groups attached to an aromatic ring is 1. The fourth-order valence-electron chi connectivity index (χ4n) is 3.31. The Morgan fingerprint density at radius 3 is 2.95 bits per heavy atom. The fraction of sp³-hybridized carbons (Fsp3) is 0.714. The number of amides is 1. The van der Waals surface area contributed by atoms with E-state index in [0.29, 0.717) is 17.4 Å². The highest BCUT2D eigenvalue weighted by Crippen LogP contribution is 2.23. The molecular weight excluding hydrogens is 254 g/mol. The lowest BCUT2D eigenvalue weighted by atomic mass is 10.2. The van der Waals surface area contributed by atoms with Crippen molar-refractivity contribution < 1.29 is 4.79 Å². The van der Waals surface area contributed by atoms with E-state index >= 15 is 0 Å². The van der Waals surface area contributed by atoms with Gasteiger partial charge >= 0.3 is 0 Å². The standard InChI is InChI=1S/C14H23N5O/c1-2-19-10-12(15)13(16-19)14(20)18-8-4-7-17-6-3-5-11(17)9-18/h10-11H,2-9,15H2,1H3. The van der Waals surface area contributed by atoms with Crippen LogP contribution in [0.2, 0.25) is 0 Å². The highest BCUT2D eigenvalue weighted by molar-refractivity contribution is 5.97. The number of nitrogens with zero attached hydrogens (tertiary/aromatic N) is 4. The Balaban J connectivity index is 1.77. The second kappa shape index (κ2) is 5.44. The molecule has 1 amide bonds. The molecule has 2 fully saturated rings. The number of anilines is 1. The van der Waals surface area contributed by atoms with Gasteiger partial charge < -0.3 is 10.6 Å². The molecule has 2 aliphatic heterocycles. The molecule has 0 aromatic carbocycles. The minimum Gasteiger partial charge on any atom is -0.396 e. The molecule has 0 bridgehead atoms. The Hall–Kier alpha value is -1.56. The van der Waals surface area contributed by atoms with E-state index in [4.69, 9.17) is 5.73 Å². The van der Waals surface area contributed by atoms with E-state index in [9.17, 15) is 4.79 Å². The minimum absolute atomic E-state index is 0.0107. The van der Waals surface area contributed by atoms with Crippen LogP contribution in [0.3, 0.4) is 0 Å². The number of aromatic nitrogens is 2. The van der Waals surface area contributed by atoms with Crippen LogP contribution in [-0.2, 0) is 6.54 Å². The number of rotatable bonds is 2. The van der Waals surface area contributed by atoms with E-state index in [1.54, 1.807) is 10.9 Å². The van der Waals surface area contributed by atoms with Crippen molar-refractivity contribution in [3.63, 3.8) is 0 Å². The van der Waals surface area contributed by atoms with Crippen molar-refractivity contribution in [3.05, 3.63) is 11.9 Å². The largest absolute Gasteiger partial charge is 0.396 e. The molecule has 1 aromatic heterocycles. The minimum atomic E-state index is -0.0107. The topological polar surface area (TPSA) is 67.4 Å². The van der Waals surface area contributed by atoms with E-state index in [1.165, 1.54) is 19.4 Å². The smallest absolute Gasteiger partial charge is 0.276 e. The predicted molar refractivity (Wildman–Crippen MR) is 77.4 cm³/mol. The van der Waals surface area contributed by atoms with E-state index < -0.39 is 0 Å². The van der Waals surface area contributed by atoms with Crippen LogP contribution in [0.1, 0.15) is 36.7 Å². The molecule has 3 heterocycles. The van der Waals surface area contributed by atoms with E-state index in [2.05, 4.69) is 10.00 Å². The number of carbonyl (C=O) groups excluding carboxylic acids is 1. The first-order chi connectivity index (χ1) is 9.69. The van der Waals surface area contributed by atoms with Crippen molar-refractivity contribution in [2.45, 2.75) is 38.8 Å². The number of hydrogen-bond acceptors (Lipinski definition) is 4. The van der Waals surface area contributed by atoms with Crippen LogP contribution in [0, 0.1) is 0 Å². The van der Waals surface area contributed by atoms with Crippen LogP contribution in [0.5, 0.6) is 0 Å². The lowest BCUT2D eigenvalue weighted by Gasteiger charge is -2.25. The summed E-state index contributed by atoms with van der Waals surface area (Å²) >= 11 is 0. The quantitative estimate of drug-likeness (QED) is 0.868. The zero-order chi connectivity index (χ0) is 14.1. The highest BCUT2D eigenvalue weighted by atomic mass is 16.2. The van der Waals surface area contributed by atoms with Gasteiger partial charge in [-0.15, -0.1) is 0 Å². The molecule has 0 aliphatic carbocycles. The van der Waals surface area contributed by atoms with E-state index in [-0.39, 0.29) is 5.91 Å². The molecule has 3 rings (SSSR count). The Morgan fingerprint density at radius 1 is 1.40 bits per heavy atom. The summed E-state index contributed by atoms with van der Waals surface area (Å²) < 4.78 is 1.72. The lowest BCUT2D eigenvalue weighted by Crippen LogP contribution is -2.40. The van der Waals surface area contributed by atoms with Crippen LogP contribution in [0.25, 0.3) is 0 Å². The normalized spacial score (nSPS) is 23.6. The highest BCUT2D eigenvalue weighted by Gasteiger charge is 2.32. The summed E-state index contributed by atoms with van der Waals surface area (Å²) in [6, 6.07) is 0.524. The van der Waals surface area contributed by atoms with Gasteiger partial charge in [0.15, 0.2) is 5.69 Å². The first-order valence-electron chi connectivity index (χ1n) is 7.55. The molecule has 20 heavy (non-hydrogen) atoms. The van der Waals surface area contributed by atoms with E-state index in [1.807, 2.05) is 11.8 Å². The van der Waals surface area contributed by atoms with Crippen molar-refractivity contribution in [3.8, 4) is 0 Å². The maximum atomic E-state index is 12.6. The third-order valence-electron chi connectivity index (χ3n) is 4.41. The monoisotopic (exact) mass is 277 g/mol. The first-order valence-corrected chi connectivity index (χ1v) is 7.55. The van der Waals surface area contributed by atoms with Gasteiger partial charge in [-0.2, -0.15) is 5.10 Å². The zero-order valence-corrected chi connectivity index (χ0v) is 12.1. The Morgan fingerprint density at radius 2 is 2.20 bits per heavy atom. The van der Waals surface area contributed by atoms with Gasteiger partial charge in [0.1, 0.15) is 0 Å². The summed E-state index contributed by atoms with van der Waals surface area (Å²) in [4.78, 5) is 17.1. The van der Waals surface area contributed by atoms with Crippen LogP contribution in [0.4, 0.5) is 5.69 Å².